The Morgan fingerprint density at radius 3 is 2.79 bits per heavy atom. The number of amides is 1. The summed E-state index contributed by atoms with van der Waals surface area (Å²) in [6, 6.07) is 5.45. The highest BCUT2D eigenvalue weighted by Crippen LogP contribution is 2.49. The molecule has 24 heavy (non-hydrogen) atoms. The van der Waals surface area contributed by atoms with E-state index in [9.17, 15) is 9.90 Å². The Morgan fingerprint density at radius 2 is 2.08 bits per heavy atom. The molecule has 3 fully saturated rings. The third-order valence-electron chi connectivity index (χ3n) is 5.25. The summed E-state index contributed by atoms with van der Waals surface area (Å²) >= 11 is 0. The third-order valence-corrected chi connectivity index (χ3v) is 5.25. The highest BCUT2D eigenvalue weighted by Gasteiger charge is 2.53. The molecule has 0 radical (unpaired) electrons. The van der Waals surface area contributed by atoms with Gasteiger partial charge in [-0.05, 0) is 50.3 Å². The van der Waals surface area contributed by atoms with Gasteiger partial charge in [-0.3, -0.25) is 4.79 Å². The van der Waals surface area contributed by atoms with E-state index in [4.69, 9.17) is 0 Å². The SMILES string of the molecule is Cc1ccc(-c2ncccn2)c(C(=O)N2CCC3CC2(CO)C3)n1. The van der Waals surface area contributed by atoms with Gasteiger partial charge in [0.25, 0.3) is 5.91 Å². The van der Waals surface area contributed by atoms with Gasteiger partial charge in [-0.15, -0.1) is 0 Å². The van der Waals surface area contributed by atoms with Gasteiger partial charge in [-0.25, -0.2) is 15.0 Å². The number of nitrogens with zero attached hydrogens (tertiary/aromatic N) is 4. The van der Waals surface area contributed by atoms with Gasteiger partial charge in [0.15, 0.2) is 5.82 Å². The van der Waals surface area contributed by atoms with Crippen molar-refractivity contribution in [2.24, 2.45) is 5.92 Å². The Bertz CT molecular complexity index is 772. The molecule has 1 aliphatic carbocycles. The predicted octanol–water partition coefficient (Wildman–Crippen LogP) is 1.83. The van der Waals surface area contributed by atoms with E-state index < -0.39 is 5.54 Å². The largest absolute Gasteiger partial charge is 0.394 e. The molecule has 0 aromatic carbocycles. The van der Waals surface area contributed by atoms with Crippen LogP contribution in [0.25, 0.3) is 11.4 Å². The van der Waals surface area contributed by atoms with E-state index in [2.05, 4.69) is 15.0 Å². The fourth-order valence-corrected chi connectivity index (χ4v) is 3.99. The topological polar surface area (TPSA) is 79.2 Å². The summed E-state index contributed by atoms with van der Waals surface area (Å²) in [6.07, 6.45) is 6.08. The van der Waals surface area contributed by atoms with Crippen molar-refractivity contribution in [2.45, 2.75) is 31.7 Å². The van der Waals surface area contributed by atoms with Crippen molar-refractivity contribution >= 4 is 5.91 Å². The Morgan fingerprint density at radius 1 is 1.33 bits per heavy atom. The summed E-state index contributed by atoms with van der Waals surface area (Å²) in [5.74, 6) is 1.01. The van der Waals surface area contributed by atoms with Crippen LogP contribution in [-0.4, -0.2) is 49.6 Å². The van der Waals surface area contributed by atoms with Crippen LogP contribution in [0.5, 0.6) is 0 Å². The third kappa shape index (κ3) is 2.29. The number of aryl methyl sites for hydroxylation is 1. The van der Waals surface area contributed by atoms with E-state index >= 15 is 0 Å². The molecule has 2 aromatic rings. The van der Waals surface area contributed by atoms with Crippen LogP contribution in [-0.2, 0) is 0 Å². The number of piperidine rings is 2. The highest BCUT2D eigenvalue weighted by atomic mass is 16.3. The van der Waals surface area contributed by atoms with Gasteiger partial charge in [-0.1, -0.05) is 0 Å². The van der Waals surface area contributed by atoms with Crippen molar-refractivity contribution in [2.75, 3.05) is 13.2 Å². The summed E-state index contributed by atoms with van der Waals surface area (Å²) in [5.41, 5.74) is 1.39. The Labute approximate surface area is 140 Å². The fraction of sp³-hybridized carbons (Fsp3) is 0.444. The summed E-state index contributed by atoms with van der Waals surface area (Å²) in [5, 5.41) is 9.86. The van der Waals surface area contributed by atoms with E-state index in [-0.39, 0.29) is 12.5 Å². The molecule has 2 aliphatic heterocycles. The number of pyridine rings is 1. The zero-order chi connectivity index (χ0) is 16.7. The maximum Gasteiger partial charge on any atom is 0.273 e. The average molecular weight is 324 g/mol. The summed E-state index contributed by atoms with van der Waals surface area (Å²) in [7, 11) is 0. The van der Waals surface area contributed by atoms with Crippen molar-refractivity contribution in [1.82, 2.24) is 19.9 Å². The Balaban J connectivity index is 1.76. The maximum absolute atomic E-state index is 13.2. The molecule has 1 N–H and O–H groups in total. The molecule has 2 aromatic heterocycles. The second kappa shape index (κ2) is 5.63. The molecule has 2 bridgehead atoms. The second-order valence-corrected chi connectivity index (χ2v) is 6.82. The van der Waals surface area contributed by atoms with Crippen LogP contribution < -0.4 is 0 Å². The lowest BCUT2D eigenvalue weighted by atomic mass is 9.63. The fourth-order valence-electron chi connectivity index (χ4n) is 3.99. The number of aliphatic hydroxyl groups is 1. The van der Waals surface area contributed by atoms with E-state index in [0.717, 1.165) is 25.0 Å². The molecule has 2 saturated heterocycles. The van der Waals surface area contributed by atoms with Crippen molar-refractivity contribution in [3.63, 3.8) is 0 Å². The van der Waals surface area contributed by atoms with E-state index in [0.29, 0.717) is 29.5 Å². The molecule has 3 aliphatic rings. The number of aliphatic hydroxyl groups excluding tert-OH is 1. The van der Waals surface area contributed by atoms with Crippen LogP contribution in [0.3, 0.4) is 0 Å². The molecular weight excluding hydrogens is 304 g/mol. The van der Waals surface area contributed by atoms with Crippen LogP contribution in [0, 0.1) is 12.8 Å². The number of rotatable bonds is 3. The van der Waals surface area contributed by atoms with Gasteiger partial charge in [0.2, 0.25) is 0 Å². The minimum absolute atomic E-state index is 0.0121. The first-order chi connectivity index (χ1) is 11.6. The normalized spacial score (nSPS) is 25.2. The molecule has 1 amide bonds. The zero-order valence-corrected chi connectivity index (χ0v) is 13.6. The van der Waals surface area contributed by atoms with Crippen molar-refractivity contribution < 1.29 is 9.90 Å². The maximum atomic E-state index is 13.2. The number of carbonyl (C=O) groups is 1. The van der Waals surface area contributed by atoms with Gasteiger partial charge in [0.05, 0.1) is 17.7 Å². The molecule has 6 nitrogen and oxygen atoms in total. The summed E-state index contributed by atoms with van der Waals surface area (Å²) < 4.78 is 0. The minimum Gasteiger partial charge on any atom is -0.394 e. The van der Waals surface area contributed by atoms with Crippen LogP contribution in [0.15, 0.2) is 30.6 Å². The molecule has 1 saturated carbocycles. The molecule has 6 heteroatoms. The van der Waals surface area contributed by atoms with Crippen molar-refractivity contribution in [1.29, 1.82) is 0 Å². The summed E-state index contributed by atoms with van der Waals surface area (Å²) in [4.78, 5) is 28.1. The molecule has 0 spiro atoms. The molecule has 5 rings (SSSR count). The number of aromatic nitrogens is 3. The van der Waals surface area contributed by atoms with Crippen LogP contribution in [0.4, 0.5) is 0 Å². The first kappa shape index (κ1) is 15.2. The minimum atomic E-state index is -0.403. The quantitative estimate of drug-likeness (QED) is 0.932. The summed E-state index contributed by atoms with van der Waals surface area (Å²) in [6.45, 7) is 2.55. The number of hydrogen-bond acceptors (Lipinski definition) is 5. The van der Waals surface area contributed by atoms with Gasteiger partial charge in [0.1, 0.15) is 5.69 Å². The number of carbonyl (C=O) groups excluding carboxylic acids is 1. The smallest absolute Gasteiger partial charge is 0.273 e. The molecule has 124 valence electrons. The monoisotopic (exact) mass is 324 g/mol. The van der Waals surface area contributed by atoms with Gasteiger partial charge in [0, 0.05) is 24.6 Å². The first-order valence-electron chi connectivity index (χ1n) is 8.31. The average Bonchev–Trinajstić information content (AvgIpc) is 2.60. The number of hydrogen-bond donors (Lipinski definition) is 1. The van der Waals surface area contributed by atoms with Gasteiger partial charge in [-0.2, -0.15) is 0 Å². The van der Waals surface area contributed by atoms with Crippen LogP contribution in [0.2, 0.25) is 0 Å². The first-order valence-corrected chi connectivity index (χ1v) is 8.31. The van der Waals surface area contributed by atoms with Crippen LogP contribution >= 0.6 is 0 Å². The lowest BCUT2D eigenvalue weighted by Crippen LogP contribution is -2.66. The van der Waals surface area contributed by atoms with Gasteiger partial charge >= 0.3 is 0 Å². The van der Waals surface area contributed by atoms with Crippen molar-refractivity contribution in [3.05, 3.63) is 42.0 Å². The lowest BCUT2D eigenvalue weighted by molar-refractivity contribution is -0.0852. The predicted molar refractivity (Wildman–Crippen MR) is 88.2 cm³/mol. The Kier molecular flexibility index (Phi) is 3.57. The lowest BCUT2D eigenvalue weighted by Gasteiger charge is -2.58. The van der Waals surface area contributed by atoms with Gasteiger partial charge < -0.3 is 10.0 Å². The molecule has 0 unspecified atom stereocenters. The van der Waals surface area contributed by atoms with E-state index in [1.807, 2.05) is 24.0 Å². The standard InChI is InChI=1S/C18H20N4O2/c1-12-3-4-14(16-19-6-2-7-20-16)15(21-12)17(24)22-8-5-13-9-18(22,10-13)11-23/h2-4,6-7,13,23H,5,8-11H2,1H3. The molecule has 4 heterocycles. The van der Waals surface area contributed by atoms with E-state index in [1.165, 1.54) is 0 Å². The molecular formula is C18H20N4O2. The Hall–Kier alpha value is -2.34. The van der Waals surface area contributed by atoms with Crippen LogP contribution in [0.1, 0.15) is 35.4 Å². The molecule has 0 atom stereocenters. The highest BCUT2D eigenvalue weighted by molar-refractivity contribution is 5.99. The second-order valence-electron chi connectivity index (χ2n) is 6.82. The zero-order valence-electron chi connectivity index (χ0n) is 13.6. The van der Waals surface area contributed by atoms with Crippen molar-refractivity contribution in [3.8, 4) is 11.4 Å². The van der Waals surface area contributed by atoms with E-state index in [1.54, 1.807) is 18.5 Å². The number of fused-ring (bicyclic) bond motifs is 2.